The lowest BCUT2D eigenvalue weighted by Crippen LogP contribution is -2.69. The Morgan fingerprint density at radius 3 is 1.71 bits per heavy atom. The second kappa shape index (κ2) is 26.9. The van der Waals surface area contributed by atoms with E-state index in [4.69, 9.17) is 43.9 Å². The number of rotatable bonds is 27. The molecule has 0 aliphatic carbocycles. The van der Waals surface area contributed by atoms with Gasteiger partial charge in [-0.1, -0.05) is 0 Å². The summed E-state index contributed by atoms with van der Waals surface area (Å²) in [5, 5.41) is 51.4. The van der Waals surface area contributed by atoms with Crippen molar-refractivity contribution in [3.05, 3.63) is 0 Å². The zero-order chi connectivity index (χ0) is 45.8. The van der Waals surface area contributed by atoms with E-state index in [1.165, 1.54) is 0 Å². The van der Waals surface area contributed by atoms with Crippen molar-refractivity contribution in [3.63, 3.8) is 0 Å². The molecule has 0 radical (unpaired) electrons. The third kappa shape index (κ3) is 18.5. The molecule has 6 amide bonds. The van der Waals surface area contributed by atoms with Gasteiger partial charge < -0.3 is 96.4 Å². The molecule has 0 aromatic carbocycles. The highest BCUT2D eigenvalue weighted by atomic mass is 16.6. The van der Waals surface area contributed by atoms with Crippen LogP contribution in [-0.4, -0.2) is 169 Å². The molecule has 0 aromatic heterocycles. The lowest BCUT2D eigenvalue weighted by atomic mass is 9.95. The molecule has 3 unspecified atom stereocenters. The molecule has 0 spiro atoms. The highest BCUT2D eigenvalue weighted by Crippen LogP contribution is 2.22. The number of aliphatic imine (C=N–C) groups is 1. The second-order valence-electron chi connectivity index (χ2n) is 16.1. The van der Waals surface area contributed by atoms with E-state index < -0.39 is 85.4 Å². The first-order valence-electron chi connectivity index (χ1n) is 21.3. The van der Waals surface area contributed by atoms with E-state index in [9.17, 15) is 44.1 Å². The zero-order valence-corrected chi connectivity index (χ0v) is 35.2. The predicted octanol–water partition coefficient (Wildman–Crippen LogP) is -6.91. The molecule has 0 bridgehead atoms. The van der Waals surface area contributed by atoms with Gasteiger partial charge in [0.2, 0.25) is 29.5 Å². The molecular weight excluding hydrogens is 816 g/mol. The van der Waals surface area contributed by atoms with Crippen LogP contribution in [0.25, 0.3) is 0 Å². The fourth-order valence-corrected chi connectivity index (χ4v) is 7.20. The summed E-state index contributed by atoms with van der Waals surface area (Å²) in [6, 6.07) is -4.65. The minimum Gasteiger partial charge on any atom is -0.447 e. The number of nitrogens with two attached hydrogens (primary N) is 6. The van der Waals surface area contributed by atoms with Gasteiger partial charge in [-0.2, -0.15) is 0 Å². The van der Waals surface area contributed by atoms with Crippen LogP contribution in [0.3, 0.4) is 0 Å². The molecule has 25 nitrogen and oxygen atoms in total. The maximum atomic E-state index is 13.1. The Labute approximate surface area is 360 Å². The molecule has 2 fully saturated rings. The number of carbonyl (C=O) groups excluding carboxylic acids is 6. The Hall–Kier alpha value is -4.47. The van der Waals surface area contributed by atoms with Gasteiger partial charge >= 0.3 is 6.09 Å². The summed E-state index contributed by atoms with van der Waals surface area (Å²) in [6.07, 6.45) is -3.15. The van der Waals surface area contributed by atoms with Crippen LogP contribution in [0.1, 0.15) is 77.0 Å². The molecule has 2 saturated heterocycles. The Bertz CT molecular complexity index is 1500. The zero-order valence-electron chi connectivity index (χ0n) is 35.2. The number of aliphatic hydroxyl groups excluding tert-OH is 3. The predicted molar refractivity (Wildman–Crippen MR) is 224 cm³/mol. The standard InChI is InChI=1S/C37H70N14O11/c38-9-1-5-19(39)13-25(53)44-10-2-6-20(40)14-26(54)45-11-3-7-21(41)15-27(55)46-12-4-8-22(42)16-28(56)48-31-33(58)32(57)24(18-61-36(43)60)62-35(31)51-37-49-29-23(52)17-47-34(59)30(29)50-37/h19-24,29-33,35,52,57-58H,1-18,38-42H2,(H2,43,60)(H,44,53)(H,45,54)(H,46,55)(H,47,59)(H,48,56)(H2,49,50,51)/t19-,20-,21-,22?,23+,24+,29?,30?,31+,32-,33-,35+/m0/s1. The molecule has 25 heteroatoms. The highest BCUT2D eigenvalue weighted by Gasteiger charge is 2.48. The van der Waals surface area contributed by atoms with Crippen molar-refractivity contribution in [2.75, 3.05) is 39.3 Å². The number of carbonyl (C=O) groups is 6. The maximum absolute atomic E-state index is 13.1. The topological polar surface area (TPSA) is 434 Å². The Morgan fingerprint density at radius 1 is 0.758 bits per heavy atom. The van der Waals surface area contributed by atoms with E-state index in [2.05, 4.69) is 42.2 Å². The molecule has 0 saturated carbocycles. The average Bonchev–Trinajstić information content (AvgIpc) is 3.64. The van der Waals surface area contributed by atoms with Crippen molar-refractivity contribution in [1.82, 2.24) is 37.2 Å². The molecular formula is C37H70N14O11. The Morgan fingerprint density at radius 2 is 1.24 bits per heavy atom. The van der Waals surface area contributed by atoms with Gasteiger partial charge in [0.15, 0.2) is 18.2 Å². The number of nitrogens with zero attached hydrogens (tertiary/aromatic N) is 1. The summed E-state index contributed by atoms with van der Waals surface area (Å²) in [5.41, 5.74) is 34.8. The first kappa shape index (κ1) is 51.9. The van der Waals surface area contributed by atoms with Crippen LogP contribution in [0.4, 0.5) is 4.79 Å². The molecule has 3 aliphatic rings. The number of hydrogen-bond donors (Lipinski definition) is 16. The van der Waals surface area contributed by atoms with E-state index in [0.29, 0.717) is 64.6 Å². The summed E-state index contributed by atoms with van der Waals surface area (Å²) in [6.45, 7) is 1.12. The second-order valence-corrected chi connectivity index (χ2v) is 16.1. The SMILES string of the molecule is NCCC[C@H](N)CC(=O)NCCC[C@H](N)CC(=O)NCCC[C@H](N)CC(=O)NCCCC(N)CC(=O)N[C@@H]1[C@H](O)[C@@H](O)[C@@H](COC(N)=O)O[C@H]1NC1=NC2C(=O)NC[C@@H](O)C2N1. The normalized spacial score (nSPS) is 26.3. The third-order valence-corrected chi connectivity index (χ3v) is 10.6. The summed E-state index contributed by atoms with van der Waals surface area (Å²) in [4.78, 5) is 77.6. The number of fused-ring (bicyclic) bond motifs is 1. The van der Waals surface area contributed by atoms with Gasteiger partial charge in [-0.3, -0.25) is 24.0 Å². The minimum atomic E-state index is -1.64. The van der Waals surface area contributed by atoms with Crippen LogP contribution in [-0.2, 0) is 33.4 Å². The number of hydrogen-bond acceptors (Lipinski definition) is 19. The van der Waals surface area contributed by atoms with Gasteiger partial charge in [-0.15, -0.1) is 0 Å². The first-order chi connectivity index (χ1) is 29.5. The van der Waals surface area contributed by atoms with Crippen LogP contribution in [0.5, 0.6) is 0 Å². The van der Waals surface area contributed by atoms with E-state index in [0.717, 1.165) is 6.42 Å². The van der Waals surface area contributed by atoms with Gasteiger partial charge in [-0.25, -0.2) is 9.79 Å². The van der Waals surface area contributed by atoms with Crippen LogP contribution in [0, 0.1) is 0 Å². The number of amides is 6. The number of primary amides is 1. The fraction of sp³-hybridized carbons (Fsp3) is 0.811. The number of ether oxygens (including phenoxy) is 2. The number of piperidine rings is 1. The molecule has 3 heterocycles. The quantitative estimate of drug-likeness (QED) is 0.0341. The van der Waals surface area contributed by atoms with Crippen LogP contribution in [0.2, 0.25) is 0 Å². The Balaban J connectivity index is 1.30. The van der Waals surface area contributed by atoms with Gasteiger partial charge in [0.05, 0.1) is 12.1 Å². The van der Waals surface area contributed by atoms with Crippen molar-refractivity contribution >= 4 is 41.6 Å². The van der Waals surface area contributed by atoms with Gasteiger partial charge in [0.25, 0.3) is 0 Å². The number of nitrogens with one attached hydrogen (secondary N) is 7. The van der Waals surface area contributed by atoms with Crippen molar-refractivity contribution in [1.29, 1.82) is 0 Å². The minimum absolute atomic E-state index is 0.00971. The van der Waals surface area contributed by atoms with Crippen LogP contribution < -0.4 is 71.6 Å². The first-order valence-corrected chi connectivity index (χ1v) is 21.3. The lowest BCUT2D eigenvalue weighted by molar-refractivity contribution is -0.198. The van der Waals surface area contributed by atoms with Gasteiger partial charge in [0, 0.05) is 76.0 Å². The molecule has 354 valence electrons. The van der Waals surface area contributed by atoms with Crippen molar-refractivity contribution in [2.45, 2.75) is 150 Å². The van der Waals surface area contributed by atoms with Crippen molar-refractivity contribution in [3.8, 4) is 0 Å². The van der Waals surface area contributed by atoms with Crippen LogP contribution in [0.15, 0.2) is 4.99 Å². The molecule has 0 aromatic rings. The smallest absolute Gasteiger partial charge is 0.404 e. The van der Waals surface area contributed by atoms with Crippen molar-refractivity contribution in [2.24, 2.45) is 39.4 Å². The maximum Gasteiger partial charge on any atom is 0.404 e. The van der Waals surface area contributed by atoms with E-state index in [1.54, 1.807) is 0 Å². The monoisotopic (exact) mass is 887 g/mol. The lowest BCUT2D eigenvalue weighted by Gasteiger charge is -2.43. The van der Waals surface area contributed by atoms with Gasteiger partial charge in [-0.05, 0) is 57.9 Å². The fourth-order valence-electron chi connectivity index (χ4n) is 7.20. The van der Waals surface area contributed by atoms with E-state index >= 15 is 0 Å². The van der Waals surface area contributed by atoms with Crippen LogP contribution >= 0.6 is 0 Å². The summed E-state index contributed by atoms with van der Waals surface area (Å²) in [7, 11) is 0. The number of β-amino-alcohol motifs (C(OH)–C–C–N with tert-alkyl or cyclic N) is 1. The summed E-state index contributed by atoms with van der Waals surface area (Å²) < 4.78 is 10.6. The average molecular weight is 887 g/mol. The molecule has 62 heavy (non-hydrogen) atoms. The van der Waals surface area contributed by atoms with E-state index in [1.807, 2.05) is 0 Å². The molecule has 3 aliphatic heterocycles. The molecule has 3 rings (SSSR count). The highest BCUT2D eigenvalue weighted by molar-refractivity contribution is 5.92. The molecule has 12 atom stereocenters. The summed E-state index contributed by atoms with van der Waals surface area (Å²) in [5.74, 6) is -1.57. The Kier molecular flexibility index (Phi) is 22.5. The number of aliphatic hydroxyl groups is 3. The largest absolute Gasteiger partial charge is 0.447 e. The number of guanidine groups is 1. The van der Waals surface area contributed by atoms with Crippen molar-refractivity contribution < 1.29 is 53.6 Å². The molecule has 22 N–H and O–H groups in total. The summed E-state index contributed by atoms with van der Waals surface area (Å²) >= 11 is 0. The van der Waals surface area contributed by atoms with Gasteiger partial charge in [0.1, 0.15) is 31.0 Å². The van der Waals surface area contributed by atoms with E-state index in [-0.39, 0.29) is 74.5 Å². The third-order valence-electron chi connectivity index (χ3n) is 10.6.